The summed E-state index contributed by atoms with van der Waals surface area (Å²) in [7, 11) is -10.9. The highest BCUT2D eigenvalue weighted by Crippen LogP contribution is 2.64. The van der Waals surface area contributed by atoms with Crippen molar-refractivity contribution < 1.29 is 141 Å². The maximum absolute atomic E-state index is 16.0. The molecular formula is C92H134F2N10O28P4S2. The number of unbranched alkanes of at least 4 members (excludes halogenated alkanes) is 20. The fourth-order valence-corrected chi connectivity index (χ4v) is 24.0. The molecule has 5 saturated heterocycles. The van der Waals surface area contributed by atoms with E-state index in [2.05, 4.69) is 75.5 Å². The van der Waals surface area contributed by atoms with Crippen molar-refractivity contribution in [3.05, 3.63) is 133 Å². The van der Waals surface area contributed by atoms with Crippen molar-refractivity contribution in [1.29, 1.82) is 0 Å². The highest BCUT2D eigenvalue weighted by Gasteiger charge is 2.58. The largest absolute Gasteiger partial charge is 0.481 e. The molecule has 24 atom stereocenters. The minimum absolute atomic E-state index is 0.0676. The lowest BCUT2D eigenvalue weighted by atomic mass is 9.77. The van der Waals surface area contributed by atoms with Crippen LogP contribution in [0.15, 0.2) is 116 Å². The Bertz CT molecular complexity index is 5140. The van der Waals surface area contributed by atoms with E-state index in [1.807, 2.05) is 54.6 Å². The molecule has 4 aromatic heterocycles. The number of carbonyl (C=O) groups excluding carboxylic acids is 4. The first-order valence-electron chi connectivity index (χ1n) is 47.5. The summed E-state index contributed by atoms with van der Waals surface area (Å²) in [5.41, 5.74) is 8.93. The summed E-state index contributed by atoms with van der Waals surface area (Å²) < 4.78 is 151. The molecule has 9 heterocycles. The first-order valence-corrected chi connectivity index (χ1v) is 55.7. The minimum atomic E-state index is -5.47. The number of nitrogens with one attached hydrogen (secondary N) is 1. The van der Waals surface area contributed by atoms with Gasteiger partial charge in [0, 0.05) is 38.5 Å². The molecule has 7 aromatic rings. The van der Waals surface area contributed by atoms with Crippen LogP contribution in [0.2, 0.25) is 0 Å². The van der Waals surface area contributed by atoms with Crippen molar-refractivity contribution in [3.63, 3.8) is 0 Å². The van der Waals surface area contributed by atoms with Gasteiger partial charge in [0.2, 0.25) is 12.6 Å². The monoisotopic (exact) mass is 2050 g/mol. The zero-order valence-corrected chi connectivity index (χ0v) is 84.7. The number of nitrogen functional groups attached to an aromatic ring is 1. The molecule has 0 bridgehead atoms. The third-order valence-electron chi connectivity index (χ3n) is 25.3. The fraction of sp³-hybridized carbons (Fsp3) is 0.652. The van der Waals surface area contributed by atoms with Gasteiger partial charge in [-0.25, -0.2) is 56.4 Å². The fourth-order valence-electron chi connectivity index (χ4n) is 17.9. The normalized spacial score (nSPS) is 26.9. The summed E-state index contributed by atoms with van der Waals surface area (Å²) in [6.45, 7) is 4.56. The molecule has 138 heavy (non-hydrogen) atoms. The standard InChI is InChI=1S/C57H76FN5O14P2S.C35H58FN5O14P2S/c1-7-8-9-10-11-12-13-14-15-16-26-33-46(65)69-34-44(58)48-38(2)39(3)49(71-40(4)64)55(73-48)76-78(66,67)77-79(68,80)70-35-45-50-51(75-56(5,6)74-50)54(72-45)63-37-61-47-52(59-36-60-53(47)63)62-57(41-27-20-17-21-28-41,42-29-22-18-23-30-42)43-31-24-19-25-32-43;1-5-6-7-8-9-10-11-12-13-14-15-16-26(43)49-17-24(36)30-21(2)22(3)31(51-23(4)42)35(53-30)54-56(46,47)55-57(48,58)50-18-25-28(44)29(45)34(52-25)41-20-40-27-32(37)38-19-39-33(27)41/h17-25,27-32,36-39,44-45,48-51,54-55H,7-16,26,33-35H2,1-6H3,(H,66,67)(H,68,80)(H,59,60,62);19-22,24-25,28-31,34-35,44-45H,5-18H2,1-4H3,(H,46,47)(H,48,58)(H2,37,38,39)/t38-,39-,44-,45+,48?,49?,50-,51?,54+,55-,79?;21-,22-,24-,25+,28-,29?,30?,31?,34+,35-,57?/m00/s1. The van der Waals surface area contributed by atoms with Crippen LogP contribution in [0.1, 0.15) is 252 Å². The predicted octanol–water partition coefficient (Wildman–Crippen LogP) is 16.4. The molecule has 0 amide bonds. The molecule has 5 aliphatic heterocycles. The SMILES string of the molecule is CCCCCCCCCCCCCC(=O)OC[C@H](F)C1O[C@@H](OP(=O)(O)OP(O)(=S)OC[C@H]2O[C@@H](n3cnc4c(N)ncnc43)C(O)[C@H]2O)C(OC(C)=O)[C@@H](C)[C@@H]1C.CCCCCCCCCCCCCC(=O)OC[C@H](F)C1O[C@@H](OP(=O)(O)OP(O)(=S)OC[C@H]2O[C@@H](n3cnc4c(NC(c5ccccc5)(c5ccccc5)c5ccccc5)ncnc43)C3OC(C)(C)O[C@H]32)C(OC(C)=O)[C@@H](C)[C@@H]1C. The molecule has 9 N–H and O–H groups in total. The van der Waals surface area contributed by atoms with Crippen LogP contribution in [0.5, 0.6) is 0 Å². The van der Waals surface area contributed by atoms with Gasteiger partial charge in [0.1, 0.15) is 73.5 Å². The number of halogens is 2. The van der Waals surface area contributed by atoms with Crippen LogP contribution in [-0.2, 0) is 132 Å². The molecule has 5 fully saturated rings. The summed E-state index contributed by atoms with van der Waals surface area (Å²) in [6.07, 6.45) is 7.85. The molecule has 766 valence electrons. The number of aliphatic hydroxyl groups is 2. The molecule has 5 aliphatic rings. The van der Waals surface area contributed by atoms with Crippen molar-refractivity contribution in [2.45, 2.75) is 333 Å². The quantitative estimate of drug-likeness (QED) is 0.00577. The van der Waals surface area contributed by atoms with Crippen LogP contribution in [0.4, 0.5) is 20.4 Å². The lowest BCUT2D eigenvalue weighted by molar-refractivity contribution is -0.262. The number of imidazole rings is 2. The van der Waals surface area contributed by atoms with Gasteiger partial charge in [0.05, 0.1) is 38.1 Å². The van der Waals surface area contributed by atoms with Crippen molar-refractivity contribution in [1.82, 2.24) is 39.0 Å². The Balaban J connectivity index is 0.000000279. The summed E-state index contributed by atoms with van der Waals surface area (Å²) in [4.78, 5) is 119. The van der Waals surface area contributed by atoms with Crippen LogP contribution >= 0.6 is 29.1 Å². The smallest absolute Gasteiger partial charge is 0.462 e. The second-order valence-electron chi connectivity index (χ2n) is 36.1. The average Bonchev–Trinajstić information content (AvgIpc) is 1.56. The Labute approximate surface area is 813 Å². The van der Waals surface area contributed by atoms with Crippen LogP contribution in [0.25, 0.3) is 22.3 Å². The van der Waals surface area contributed by atoms with Crippen molar-refractivity contribution in [3.8, 4) is 0 Å². The number of ether oxygens (including phenoxy) is 10. The van der Waals surface area contributed by atoms with Crippen LogP contribution in [0, 0.1) is 23.7 Å². The average molecular weight is 2050 g/mol. The third-order valence-corrected chi connectivity index (χ3v) is 32.4. The van der Waals surface area contributed by atoms with Gasteiger partial charge < -0.3 is 97.3 Å². The second-order valence-corrected chi connectivity index (χ2v) is 44.9. The lowest BCUT2D eigenvalue weighted by Gasteiger charge is -2.44. The number of alkyl halides is 2. The van der Waals surface area contributed by atoms with Crippen molar-refractivity contribution in [2.24, 2.45) is 23.7 Å². The number of hydrogen-bond acceptors (Lipinski definition) is 34. The molecule has 46 heteroatoms. The maximum atomic E-state index is 16.0. The third kappa shape index (κ3) is 30.9. The Morgan fingerprint density at radius 2 is 0.884 bits per heavy atom. The van der Waals surface area contributed by atoms with E-state index in [-0.39, 0.29) is 29.8 Å². The molecule has 3 aromatic carbocycles. The summed E-state index contributed by atoms with van der Waals surface area (Å²) >= 11 is 10.2. The summed E-state index contributed by atoms with van der Waals surface area (Å²) in [5.74, 6) is -6.10. The Hall–Kier alpha value is -6.86. The van der Waals surface area contributed by atoms with E-state index in [4.69, 9.17) is 113 Å². The number of esters is 4. The topological polar surface area (TPSA) is 497 Å². The van der Waals surface area contributed by atoms with E-state index >= 15 is 8.78 Å². The number of carbonyl (C=O) groups is 4. The van der Waals surface area contributed by atoms with Gasteiger partial charge in [-0.3, -0.25) is 37.4 Å². The van der Waals surface area contributed by atoms with Crippen LogP contribution in [-0.4, -0.2) is 211 Å². The number of hydrogen-bond donors (Lipinski definition) is 8. The number of aromatic nitrogens is 8. The van der Waals surface area contributed by atoms with E-state index in [0.717, 1.165) is 81.9 Å². The van der Waals surface area contributed by atoms with Gasteiger partial charge in [-0.15, -0.1) is 0 Å². The molecule has 38 nitrogen and oxygen atoms in total. The number of phosphoric ester groups is 2. The molecule has 0 aliphatic carbocycles. The maximum Gasteiger partial charge on any atom is 0.481 e. The summed E-state index contributed by atoms with van der Waals surface area (Å²) in [5, 5.41) is 25.1. The van der Waals surface area contributed by atoms with Gasteiger partial charge in [0.25, 0.3) is 0 Å². The van der Waals surface area contributed by atoms with E-state index in [1.54, 1.807) is 52.4 Å². The summed E-state index contributed by atoms with van der Waals surface area (Å²) in [6, 6.07) is 30.1. The Morgan fingerprint density at radius 3 is 1.31 bits per heavy atom. The highest BCUT2D eigenvalue weighted by molar-refractivity contribution is 8.08. The number of rotatable bonds is 53. The van der Waals surface area contributed by atoms with E-state index < -0.39 is 213 Å². The van der Waals surface area contributed by atoms with Gasteiger partial charge in [-0.05, 0) is 78.8 Å². The lowest BCUT2D eigenvalue weighted by Crippen LogP contribution is -2.55. The first-order chi connectivity index (χ1) is 65.8. The number of fused-ring (bicyclic) bond motifs is 3. The van der Waals surface area contributed by atoms with Crippen LogP contribution in [0.3, 0.4) is 0 Å². The predicted molar refractivity (Wildman–Crippen MR) is 509 cm³/mol. The number of aliphatic hydroxyl groups excluding tert-OH is 2. The number of nitrogens with zero attached hydrogens (tertiary/aromatic N) is 8. The number of phosphoric acid groups is 2. The van der Waals surface area contributed by atoms with E-state index in [0.29, 0.717) is 29.8 Å². The second kappa shape index (κ2) is 52.1. The number of anilines is 2. The molecule has 0 radical (unpaired) electrons. The highest BCUT2D eigenvalue weighted by atomic mass is 32.5. The Kier molecular flexibility index (Phi) is 42.1. The molecule has 10 unspecified atom stereocenters. The van der Waals surface area contributed by atoms with Crippen LogP contribution < -0.4 is 11.1 Å². The van der Waals surface area contributed by atoms with Gasteiger partial charge in [-0.2, -0.15) is 0 Å². The minimum Gasteiger partial charge on any atom is -0.462 e. The molecular weight excluding hydrogens is 1920 g/mol. The van der Waals surface area contributed by atoms with Crippen molar-refractivity contribution in [2.75, 3.05) is 37.5 Å². The number of nitrogens with two attached hydrogens (primary N) is 1. The van der Waals surface area contributed by atoms with E-state index in [9.17, 15) is 58.1 Å². The zero-order valence-electron chi connectivity index (χ0n) is 79.5. The molecule has 0 saturated carbocycles. The van der Waals surface area contributed by atoms with Gasteiger partial charge in [-0.1, -0.05) is 261 Å². The molecule has 12 rings (SSSR count). The first kappa shape index (κ1) is 111. The zero-order chi connectivity index (χ0) is 99.7. The van der Waals surface area contributed by atoms with Gasteiger partial charge >= 0.3 is 53.0 Å². The Morgan fingerprint density at radius 1 is 0.507 bits per heavy atom. The van der Waals surface area contributed by atoms with Crippen molar-refractivity contribution >= 4 is 111 Å². The van der Waals surface area contributed by atoms with Gasteiger partial charge in [0.15, 0.2) is 71.2 Å². The van der Waals surface area contributed by atoms with E-state index in [1.165, 1.54) is 101 Å². The number of benzene rings is 3. The molecule has 0 spiro atoms.